The molecule has 7 nitrogen and oxygen atoms in total. The molecule has 2 saturated heterocycles. The van der Waals surface area contributed by atoms with Gasteiger partial charge >= 0.3 is 0 Å². The minimum Gasteiger partial charge on any atom is -0.353 e. The van der Waals surface area contributed by atoms with Crippen LogP contribution in [0.4, 0.5) is 5.82 Å². The summed E-state index contributed by atoms with van der Waals surface area (Å²) in [7, 11) is -1.22. The van der Waals surface area contributed by atoms with Gasteiger partial charge in [-0.2, -0.15) is 4.31 Å². The quantitative estimate of drug-likeness (QED) is 0.637. The smallest absolute Gasteiger partial charge is 0.211 e. The van der Waals surface area contributed by atoms with Gasteiger partial charge in [0.2, 0.25) is 10.0 Å². The second kappa shape index (κ2) is 6.68. The SMILES string of the molecule is Cn1c(-c2cc(N3CC4CCC(C3)N4S(C)(=O)=O)ncc2Cl)nc2ccccc21. The summed E-state index contributed by atoms with van der Waals surface area (Å²) in [6, 6.07) is 9.95. The summed E-state index contributed by atoms with van der Waals surface area (Å²) in [5.41, 5.74) is 2.78. The molecule has 2 aliphatic heterocycles. The van der Waals surface area contributed by atoms with Crippen molar-refractivity contribution in [3.8, 4) is 11.4 Å². The molecule has 2 aromatic heterocycles. The summed E-state index contributed by atoms with van der Waals surface area (Å²) in [4.78, 5) is 11.5. The van der Waals surface area contributed by atoms with E-state index < -0.39 is 10.0 Å². The highest BCUT2D eigenvalue weighted by Crippen LogP contribution is 2.36. The molecule has 1 aromatic carbocycles. The number of aryl methyl sites for hydroxylation is 1. The van der Waals surface area contributed by atoms with Crippen LogP contribution >= 0.6 is 11.6 Å². The zero-order valence-electron chi connectivity index (χ0n) is 16.3. The van der Waals surface area contributed by atoms with E-state index in [1.165, 1.54) is 6.26 Å². The maximum Gasteiger partial charge on any atom is 0.211 e. The van der Waals surface area contributed by atoms with Crippen LogP contribution in [0.2, 0.25) is 5.02 Å². The van der Waals surface area contributed by atoms with Crippen molar-refractivity contribution in [3.05, 3.63) is 41.6 Å². The number of fused-ring (bicyclic) bond motifs is 3. The van der Waals surface area contributed by atoms with Crippen molar-refractivity contribution in [1.29, 1.82) is 0 Å². The van der Waals surface area contributed by atoms with Gasteiger partial charge in [0.1, 0.15) is 11.6 Å². The van der Waals surface area contributed by atoms with Gasteiger partial charge in [0.15, 0.2) is 0 Å². The van der Waals surface area contributed by atoms with Crippen molar-refractivity contribution in [2.24, 2.45) is 7.05 Å². The van der Waals surface area contributed by atoms with Gasteiger partial charge in [-0.15, -0.1) is 0 Å². The van der Waals surface area contributed by atoms with E-state index in [0.29, 0.717) is 18.1 Å². The summed E-state index contributed by atoms with van der Waals surface area (Å²) in [6.07, 6.45) is 4.74. The van der Waals surface area contributed by atoms with Crippen molar-refractivity contribution < 1.29 is 8.42 Å². The Morgan fingerprint density at radius 1 is 1.14 bits per heavy atom. The van der Waals surface area contributed by atoms with Gasteiger partial charge in [-0.05, 0) is 31.0 Å². The lowest BCUT2D eigenvalue weighted by Crippen LogP contribution is -2.55. The maximum atomic E-state index is 12.2. The second-order valence-electron chi connectivity index (χ2n) is 7.89. The number of piperazine rings is 1. The number of halogens is 1. The van der Waals surface area contributed by atoms with Gasteiger partial charge in [0.05, 0.1) is 22.3 Å². The van der Waals surface area contributed by atoms with Crippen molar-refractivity contribution in [2.45, 2.75) is 24.9 Å². The average Bonchev–Trinajstić information content (AvgIpc) is 3.16. The summed E-state index contributed by atoms with van der Waals surface area (Å²) in [6.45, 7) is 1.28. The van der Waals surface area contributed by atoms with Crippen molar-refractivity contribution >= 4 is 38.5 Å². The first kappa shape index (κ1) is 18.8. The lowest BCUT2D eigenvalue weighted by atomic mass is 10.2. The van der Waals surface area contributed by atoms with Gasteiger partial charge in [-0.3, -0.25) is 0 Å². The fourth-order valence-electron chi connectivity index (χ4n) is 4.75. The summed E-state index contributed by atoms with van der Waals surface area (Å²) in [5.74, 6) is 1.60. The molecule has 5 rings (SSSR count). The Morgan fingerprint density at radius 2 is 1.83 bits per heavy atom. The second-order valence-corrected chi connectivity index (χ2v) is 10.2. The summed E-state index contributed by atoms with van der Waals surface area (Å²) >= 11 is 6.50. The van der Waals surface area contributed by atoms with Crippen LogP contribution in [0.25, 0.3) is 22.4 Å². The van der Waals surface area contributed by atoms with Gasteiger partial charge in [-0.1, -0.05) is 23.7 Å². The Kier molecular flexibility index (Phi) is 4.34. The van der Waals surface area contributed by atoms with Crippen LogP contribution in [0.15, 0.2) is 36.5 Å². The molecule has 2 unspecified atom stereocenters. The van der Waals surface area contributed by atoms with Gasteiger partial charge in [0, 0.05) is 44.0 Å². The lowest BCUT2D eigenvalue weighted by Gasteiger charge is -2.40. The van der Waals surface area contributed by atoms with E-state index >= 15 is 0 Å². The van der Waals surface area contributed by atoms with E-state index in [9.17, 15) is 8.42 Å². The summed E-state index contributed by atoms with van der Waals surface area (Å²) < 4.78 is 28.0. The van der Waals surface area contributed by atoms with Crippen LogP contribution in [0.1, 0.15) is 12.8 Å². The molecule has 0 aliphatic carbocycles. The third kappa shape index (κ3) is 3.10. The first-order valence-electron chi connectivity index (χ1n) is 9.64. The number of aromatic nitrogens is 3. The highest BCUT2D eigenvalue weighted by molar-refractivity contribution is 7.88. The highest BCUT2D eigenvalue weighted by Gasteiger charge is 2.45. The van der Waals surface area contributed by atoms with Crippen LogP contribution in [0, 0.1) is 0 Å². The number of sulfonamides is 1. The zero-order chi connectivity index (χ0) is 20.3. The van der Waals surface area contributed by atoms with Crippen LogP contribution < -0.4 is 4.90 Å². The van der Waals surface area contributed by atoms with Gasteiger partial charge < -0.3 is 9.47 Å². The summed E-state index contributed by atoms with van der Waals surface area (Å²) in [5, 5.41) is 0.546. The first-order chi connectivity index (χ1) is 13.8. The molecule has 29 heavy (non-hydrogen) atoms. The lowest BCUT2D eigenvalue weighted by molar-refractivity contribution is 0.287. The minimum absolute atomic E-state index is 0.000396. The van der Waals surface area contributed by atoms with Crippen molar-refractivity contribution in [3.63, 3.8) is 0 Å². The first-order valence-corrected chi connectivity index (χ1v) is 11.9. The molecule has 9 heteroatoms. The van der Waals surface area contributed by atoms with Crippen molar-refractivity contribution in [1.82, 2.24) is 18.8 Å². The Hall–Kier alpha value is -2.16. The van der Waals surface area contributed by atoms with Crippen LogP contribution in [-0.2, 0) is 17.1 Å². The van der Waals surface area contributed by atoms with E-state index in [2.05, 4.69) is 9.88 Å². The van der Waals surface area contributed by atoms with Crippen LogP contribution in [-0.4, -0.2) is 58.7 Å². The third-order valence-corrected chi connectivity index (χ3v) is 7.65. The number of anilines is 1. The van der Waals surface area contributed by atoms with Gasteiger partial charge in [0.25, 0.3) is 0 Å². The highest BCUT2D eigenvalue weighted by atomic mass is 35.5. The molecular formula is C20H22ClN5O2S. The standard InChI is InChI=1S/C20H22ClN5O2S/c1-24-18-6-4-3-5-17(18)23-20(24)15-9-19(22-10-16(15)21)25-11-13-7-8-14(12-25)26(13)29(2,27)28/h3-6,9-10,13-14H,7-8,11-12H2,1-2H3. The molecule has 2 aliphatic rings. The van der Waals surface area contributed by atoms with Crippen LogP contribution in [0.5, 0.6) is 0 Å². The number of benzene rings is 1. The van der Waals surface area contributed by atoms with E-state index in [4.69, 9.17) is 16.6 Å². The molecule has 0 amide bonds. The molecule has 0 radical (unpaired) electrons. The van der Waals surface area contributed by atoms with E-state index in [1.54, 1.807) is 10.5 Å². The molecular weight excluding hydrogens is 410 g/mol. The third-order valence-electron chi connectivity index (χ3n) is 5.99. The topological polar surface area (TPSA) is 71.3 Å². The molecule has 3 aromatic rings. The number of hydrogen-bond donors (Lipinski definition) is 0. The van der Waals surface area contributed by atoms with E-state index in [0.717, 1.165) is 41.1 Å². The number of rotatable bonds is 3. The normalized spacial score (nSPS) is 22.5. The molecule has 152 valence electrons. The monoisotopic (exact) mass is 431 g/mol. The molecule has 2 atom stereocenters. The average molecular weight is 432 g/mol. The Morgan fingerprint density at radius 3 is 2.48 bits per heavy atom. The molecule has 0 N–H and O–H groups in total. The van der Waals surface area contributed by atoms with Crippen LogP contribution in [0.3, 0.4) is 0 Å². The number of imidazole rings is 1. The van der Waals surface area contributed by atoms with Crippen molar-refractivity contribution in [2.75, 3.05) is 24.2 Å². The Bertz CT molecular complexity index is 1190. The molecule has 2 fully saturated rings. The fraction of sp³-hybridized carbons (Fsp3) is 0.400. The number of hydrogen-bond acceptors (Lipinski definition) is 5. The zero-order valence-corrected chi connectivity index (χ0v) is 17.9. The minimum atomic E-state index is -3.19. The maximum absolute atomic E-state index is 12.2. The van der Waals surface area contributed by atoms with E-state index in [1.807, 2.05) is 41.9 Å². The largest absolute Gasteiger partial charge is 0.353 e. The number of nitrogens with zero attached hydrogens (tertiary/aromatic N) is 5. The predicted octanol–water partition coefficient (Wildman–Crippen LogP) is 2.90. The number of pyridine rings is 1. The Labute approximate surface area is 175 Å². The predicted molar refractivity (Wildman–Crippen MR) is 115 cm³/mol. The Balaban J connectivity index is 1.52. The fourth-order valence-corrected chi connectivity index (χ4v) is 6.37. The van der Waals surface area contributed by atoms with Gasteiger partial charge in [-0.25, -0.2) is 18.4 Å². The molecule has 2 bridgehead atoms. The number of para-hydroxylation sites is 2. The van der Waals surface area contributed by atoms with E-state index in [-0.39, 0.29) is 12.1 Å². The molecule has 0 saturated carbocycles. The molecule has 4 heterocycles. The molecule has 0 spiro atoms.